The lowest BCUT2D eigenvalue weighted by atomic mass is 10.0. The lowest BCUT2D eigenvalue weighted by Gasteiger charge is -2.18. The lowest BCUT2D eigenvalue weighted by Crippen LogP contribution is -2.29. The molecule has 0 heterocycles. The number of ether oxygens (including phenoxy) is 2. The largest absolute Gasteiger partial charge is 0.469 e. The van der Waals surface area contributed by atoms with E-state index in [-0.39, 0.29) is 19.4 Å². The Labute approximate surface area is 300 Å². The molecular formula is C40H73O8P. The summed E-state index contributed by atoms with van der Waals surface area (Å²) in [7, 11) is -4.75. The zero-order chi connectivity index (χ0) is 36.1. The van der Waals surface area contributed by atoms with E-state index >= 15 is 0 Å². The highest BCUT2D eigenvalue weighted by Crippen LogP contribution is 2.36. The molecule has 9 heteroatoms. The van der Waals surface area contributed by atoms with E-state index < -0.39 is 32.5 Å². The molecule has 2 N–H and O–H groups in total. The van der Waals surface area contributed by atoms with Crippen molar-refractivity contribution in [2.24, 2.45) is 0 Å². The molecule has 49 heavy (non-hydrogen) atoms. The number of hydrogen-bond acceptors (Lipinski definition) is 6. The Hall–Kier alpha value is -1.73. The van der Waals surface area contributed by atoms with Gasteiger partial charge in [-0.2, -0.15) is 0 Å². The first kappa shape index (κ1) is 47.3. The average Bonchev–Trinajstić information content (AvgIpc) is 3.07. The van der Waals surface area contributed by atoms with E-state index in [2.05, 4.69) is 36.6 Å². The molecule has 0 fully saturated rings. The van der Waals surface area contributed by atoms with Crippen molar-refractivity contribution in [1.29, 1.82) is 0 Å². The number of unbranched alkanes of at least 4 members (excludes halogenated alkanes) is 22. The monoisotopic (exact) mass is 713 g/mol. The topological polar surface area (TPSA) is 119 Å². The van der Waals surface area contributed by atoms with Crippen molar-refractivity contribution >= 4 is 19.8 Å². The first-order valence-corrected chi connectivity index (χ1v) is 21.3. The van der Waals surface area contributed by atoms with Gasteiger partial charge in [0.05, 0.1) is 6.61 Å². The molecule has 0 aromatic carbocycles. The van der Waals surface area contributed by atoms with Gasteiger partial charge in [-0.3, -0.25) is 14.1 Å². The van der Waals surface area contributed by atoms with Gasteiger partial charge in [-0.25, -0.2) is 4.57 Å². The standard InChI is InChI=1S/C40H73O8P/c1-3-5-7-9-11-13-15-17-18-19-20-21-23-24-26-28-30-32-34-39(41)46-36-38(37-47-49(43,44)45)48-40(42)35-33-31-29-27-25-22-16-14-12-10-8-6-4-2/h6,8,10,12,14,16,38H,3-5,7,9,11,13,15,17-37H2,1-2H3,(H2,43,44,45)/b8-6+,12-10+,16-14+. The van der Waals surface area contributed by atoms with Gasteiger partial charge < -0.3 is 19.3 Å². The number of phosphoric acid groups is 1. The number of hydrogen-bond donors (Lipinski definition) is 2. The molecule has 0 bridgehead atoms. The van der Waals surface area contributed by atoms with Crippen molar-refractivity contribution in [3.63, 3.8) is 0 Å². The van der Waals surface area contributed by atoms with E-state index in [0.29, 0.717) is 6.42 Å². The number of allylic oxidation sites excluding steroid dienone is 6. The molecule has 8 nitrogen and oxygen atoms in total. The third-order valence-corrected chi connectivity index (χ3v) is 8.97. The minimum atomic E-state index is -4.75. The second-order valence-corrected chi connectivity index (χ2v) is 14.5. The Morgan fingerprint density at radius 3 is 1.45 bits per heavy atom. The molecule has 0 amide bonds. The van der Waals surface area contributed by atoms with Gasteiger partial charge >= 0.3 is 19.8 Å². The van der Waals surface area contributed by atoms with Crippen LogP contribution in [-0.4, -0.2) is 41.0 Å². The number of carbonyl (C=O) groups excluding carboxylic acids is 2. The quantitative estimate of drug-likeness (QED) is 0.0285. The molecule has 0 radical (unpaired) electrons. The van der Waals surface area contributed by atoms with E-state index in [1.807, 2.05) is 18.2 Å². The van der Waals surface area contributed by atoms with Crippen LogP contribution in [0.2, 0.25) is 0 Å². The second-order valence-electron chi connectivity index (χ2n) is 13.3. The minimum absolute atomic E-state index is 0.190. The van der Waals surface area contributed by atoms with Gasteiger partial charge in [-0.05, 0) is 32.1 Å². The highest BCUT2D eigenvalue weighted by molar-refractivity contribution is 7.46. The van der Waals surface area contributed by atoms with E-state index in [1.165, 1.54) is 96.3 Å². The van der Waals surface area contributed by atoms with Crippen LogP contribution in [0.4, 0.5) is 0 Å². The fourth-order valence-electron chi connectivity index (χ4n) is 5.55. The summed E-state index contributed by atoms with van der Waals surface area (Å²) in [6.45, 7) is 3.54. The van der Waals surface area contributed by atoms with Gasteiger partial charge in [0.1, 0.15) is 6.61 Å². The fraction of sp³-hybridized carbons (Fsp3) is 0.800. The minimum Gasteiger partial charge on any atom is -0.462 e. The summed E-state index contributed by atoms with van der Waals surface area (Å²) in [6, 6.07) is 0. The molecular weight excluding hydrogens is 639 g/mol. The van der Waals surface area contributed by atoms with Crippen LogP contribution in [0.5, 0.6) is 0 Å². The number of rotatable bonds is 36. The molecule has 286 valence electrons. The molecule has 0 aromatic rings. The molecule has 0 aliphatic rings. The summed E-state index contributed by atoms with van der Waals surface area (Å²) in [5.41, 5.74) is 0. The van der Waals surface area contributed by atoms with Crippen molar-refractivity contribution in [2.75, 3.05) is 13.2 Å². The van der Waals surface area contributed by atoms with E-state index in [9.17, 15) is 14.2 Å². The molecule has 0 rings (SSSR count). The molecule has 0 aliphatic heterocycles. The zero-order valence-corrected chi connectivity index (χ0v) is 32.2. The molecule has 0 aromatic heterocycles. The maximum Gasteiger partial charge on any atom is 0.469 e. The van der Waals surface area contributed by atoms with E-state index in [1.54, 1.807) is 0 Å². The maximum absolute atomic E-state index is 12.3. The molecule has 0 aliphatic carbocycles. The average molecular weight is 713 g/mol. The van der Waals surface area contributed by atoms with E-state index in [4.69, 9.17) is 19.3 Å². The normalized spacial score (nSPS) is 12.8. The molecule has 0 spiro atoms. The van der Waals surface area contributed by atoms with Crippen molar-refractivity contribution in [2.45, 2.75) is 193 Å². The van der Waals surface area contributed by atoms with Gasteiger partial charge in [-0.1, -0.05) is 179 Å². The Kier molecular flexibility index (Phi) is 34.8. The van der Waals surface area contributed by atoms with Crippen LogP contribution in [0.25, 0.3) is 0 Å². The summed E-state index contributed by atoms with van der Waals surface area (Å²) in [5.74, 6) is -0.904. The molecule has 1 atom stereocenters. The highest BCUT2D eigenvalue weighted by atomic mass is 31.2. The first-order chi connectivity index (χ1) is 23.8. The SMILES string of the molecule is CC/C=C/C=C/C=C/CCCCCCCC(=O)OC(COC(=O)CCCCCCCCCCCCCCCCCCCC)COP(=O)(O)O. The van der Waals surface area contributed by atoms with Crippen molar-refractivity contribution < 1.29 is 37.9 Å². The predicted molar refractivity (Wildman–Crippen MR) is 202 cm³/mol. The Bertz CT molecular complexity index is 895. The first-order valence-electron chi connectivity index (χ1n) is 19.8. The Morgan fingerprint density at radius 1 is 0.551 bits per heavy atom. The van der Waals surface area contributed by atoms with Crippen LogP contribution in [0.1, 0.15) is 187 Å². The van der Waals surface area contributed by atoms with Gasteiger partial charge in [0.15, 0.2) is 6.10 Å². The summed E-state index contributed by atoms with van der Waals surface area (Å²) >= 11 is 0. The third kappa shape index (κ3) is 38.9. The van der Waals surface area contributed by atoms with Crippen molar-refractivity contribution in [1.82, 2.24) is 0 Å². The summed E-state index contributed by atoms with van der Waals surface area (Å²) in [4.78, 5) is 42.7. The van der Waals surface area contributed by atoms with Gasteiger partial charge in [0.25, 0.3) is 0 Å². The number of carbonyl (C=O) groups is 2. The Morgan fingerprint density at radius 2 is 0.980 bits per heavy atom. The lowest BCUT2D eigenvalue weighted by molar-refractivity contribution is -0.161. The van der Waals surface area contributed by atoms with E-state index in [0.717, 1.165) is 57.8 Å². The second kappa shape index (κ2) is 36.1. The molecule has 0 saturated carbocycles. The smallest absolute Gasteiger partial charge is 0.462 e. The van der Waals surface area contributed by atoms with Crippen LogP contribution in [0.15, 0.2) is 36.5 Å². The van der Waals surface area contributed by atoms with Gasteiger partial charge in [0, 0.05) is 12.8 Å². The van der Waals surface area contributed by atoms with Crippen molar-refractivity contribution in [3.8, 4) is 0 Å². The van der Waals surface area contributed by atoms with Crippen LogP contribution >= 0.6 is 7.82 Å². The molecule has 0 saturated heterocycles. The highest BCUT2D eigenvalue weighted by Gasteiger charge is 2.22. The van der Waals surface area contributed by atoms with Crippen LogP contribution in [-0.2, 0) is 28.2 Å². The predicted octanol–water partition coefficient (Wildman–Crippen LogP) is 11.8. The van der Waals surface area contributed by atoms with Crippen LogP contribution < -0.4 is 0 Å². The zero-order valence-electron chi connectivity index (χ0n) is 31.3. The third-order valence-electron chi connectivity index (χ3n) is 8.48. The van der Waals surface area contributed by atoms with Gasteiger partial charge in [-0.15, -0.1) is 0 Å². The Balaban J connectivity index is 3.91. The maximum atomic E-state index is 12.3. The van der Waals surface area contributed by atoms with Crippen molar-refractivity contribution in [3.05, 3.63) is 36.5 Å². The number of phosphoric ester groups is 1. The van der Waals surface area contributed by atoms with Gasteiger partial charge in [0.2, 0.25) is 0 Å². The summed E-state index contributed by atoms with van der Waals surface area (Å²) in [6.07, 6.45) is 41.6. The van der Waals surface area contributed by atoms with Crippen LogP contribution in [0.3, 0.4) is 0 Å². The number of esters is 2. The summed E-state index contributed by atoms with van der Waals surface area (Å²) < 4.78 is 26.3. The van der Waals surface area contributed by atoms with Crippen LogP contribution in [0, 0.1) is 0 Å². The summed E-state index contributed by atoms with van der Waals surface area (Å²) in [5, 5.41) is 0. The fourth-order valence-corrected chi connectivity index (χ4v) is 5.91. The molecule has 1 unspecified atom stereocenters.